The van der Waals surface area contributed by atoms with Crippen LogP contribution >= 0.6 is 0 Å². The second kappa shape index (κ2) is 5.48. The molecule has 1 aromatic rings. The second-order valence-corrected chi connectivity index (χ2v) is 4.91. The Morgan fingerprint density at radius 2 is 2.21 bits per heavy atom. The van der Waals surface area contributed by atoms with E-state index in [1.54, 1.807) is 12.1 Å². The number of nitrogens with zero attached hydrogens (tertiary/aromatic N) is 1. The minimum Gasteiger partial charge on any atom is -0.465 e. The van der Waals surface area contributed by atoms with E-state index in [2.05, 4.69) is 11.8 Å². The summed E-state index contributed by atoms with van der Waals surface area (Å²) in [5, 5.41) is 0. The number of morpholine rings is 1. The van der Waals surface area contributed by atoms with Gasteiger partial charge in [0.25, 0.3) is 0 Å². The minimum atomic E-state index is -0.367. The molecule has 19 heavy (non-hydrogen) atoms. The van der Waals surface area contributed by atoms with Crippen molar-refractivity contribution in [1.82, 2.24) is 0 Å². The van der Waals surface area contributed by atoms with Gasteiger partial charge in [0.2, 0.25) is 0 Å². The molecule has 1 aliphatic rings. The van der Waals surface area contributed by atoms with Crippen molar-refractivity contribution in [3.63, 3.8) is 0 Å². The van der Waals surface area contributed by atoms with Crippen LogP contribution in [-0.2, 0) is 9.47 Å². The maximum Gasteiger partial charge on any atom is 0.340 e. The van der Waals surface area contributed by atoms with Gasteiger partial charge in [-0.3, -0.25) is 0 Å². The van der Waals surface area contributed by atoms with Crippen LogP contribution in [0.3, 0.4) is 0 Å². The summed E-state index contributed by atoms with van der Waals surface area (Å²) in [6.45, 7) is 5.48. The molecular formula is C14H20N2O3. The van der Waals surface area contributed by atoms with Crippen LogP contribution in [0.2, 0.25) is 0 Å². The molecule has 2 unspecified atom stereocenters. The Labute approximate surface area is 113 Å². The zero-order valence-corrected chi connectivity index (χ0v) is 11.6. The summed E-state index contributed by atoms with van der Waals surface area (Å²) in [7, 11) is 1.38. The minimum absolute atomic E-state index is 0.138. The first-order valence-corrected chi connectivity index (χ1v) is 6.39. The molecule has 0 aromatic heterocycles. The van der Waals surface area contributed by atoms with Crippen molar-refractivity contribution in [3.05, 3.63) is 23.8 Å². The van der Waals surface area contributed by atoms with Crippen molar-refractivity contribution in [2.24, 2.45) is 0 Å². The molecule has 0 radical (unpaired) electrons. The number of rotatable bonds is 2. The van der Waals surface area contributed by atoms with Crippen molar-refractivity contribution < 1.29 is 14.3 Å². The fourth-order valence-electron chi connectivity index (χ4n) is 2.32. The molecule has 5 heteroatoms. The molecule has 0 saturated carbocycles. The zero-order valence-electron chi connectivity index (χ0n) is 11.6. The molecule has 1 saturated heterocycles. The highest BCUT2D eigenvalue weighted by molar-refractivity contribution is 5.97. The number of carbonyl (C=O) groups is 1. The van der Waals surface area contributed by atoms with E-state index in [0.29, 0.717) is 17.9 Å². The Kier molecular flexibility index (Phi) is 3.95. The number of methoxy groups -OCH3 is 1. The van der Waals surface area contributed by atoms with Gasteiger partial charge in [-0.15, -0.1) is 0 Å². The third kappa shape index (κ3) is 2.81. The van der Waals surface area contributed by atoms with Gasteiger partial charge in [-0.1, -0.05) is 0 Å². The predicted octanol–water partition coefficient (Wildman–Crippen LogP) is 1.67. The average molecular weight is 264 g/mol. The third-order valence-corrected chi connectivity index (χ3v) is 3.34. The lowest BCUT2D eigenvalue weighted by molar-refractivity contribution is 0.0340. The normalized spacial score (nSPS) is 23.2. The summed E-state index contributed by atoms with van der Waals surface area (Å²) in [6, 6.07) is 5.54. The molecule has 2 rings (SSSR count). The monoisotopic (exact) mass is 264 g/mol. The Balaban J connectivity index is 2.40. The number of anilines is 2. The Morgan fingerprint density at radius 3 is 2.89 bits per heavy atom. The molecule has 1 fully saturated rings. The lowest BCUT2D eigenvalue weighted by atomic mass is 10.1. The fraction of sp³-hybridized carbons (Fsp3) is 0.500. The number of ether oxygens (including phenoxy) is 2. The number of nitrogen functional groups attached to an aromatic ring is 1. The van der Waals surface area contributed by atoms with E-state index in [-0.39, 0.29) is 18.1 Å². The van der Waals surface area contributed by atoms with E-state index >= 15 is 0 Å². The molecule has 1 aliphatic heterocycles. The maximum absolute atomic E-state index is 11.9. The van der Waals surface area contributed by atoms with Gasteiger partial charge in [0.15, 0.2) is 0 Å². The number of nitrogens with two attached hydrogens (primary N) is 1. The first-order chi connectivity index (χ1) is 9.02. The second-order valence-electron chi connectivity index (χ2n) is 4.91. The predicted molar refractivity (Wildman–Crippen MR) is 74.4 cm³/mol. The number of hydrogen-bond donors (Lipinski definition) is 1. The number of carbonyl (C=O) groups excluding carboxylic acids is 1. The summed E-state index contributed by atoms with van der Waals surface area (Å²) in [4.78, 5) is 14.0. The van der Waals surface area contributed by atoms with Gasteiger partial charge in [0.05, 0.1) is 31.1 Å². The smallest absolute Gasteiger partial charge is 0.340 e. The van der Waals surface area contributed by atoms with Gasteiger partial charge in [-0.25, -0.2) is 4.79 Å². The quantitative estimate of drug-likeness (QED) is 0.650. The van der Waals surface area contributed by atoms with Gasteiger partial charge >= 0.3 is 5.97 Å². The molecule has 5 nitrogen and oxygen atoms in total. The molecule has 2 N–H and O–H groups in total. The van der Waals surface area contributed by atoms with Crippen molar-refractivity contribution >= 4 is 17.3 Å². The van der Waals surface area contributed by atoms with Crippen LogP contribution in [0, 0.1) is 0 Å². The molecule has 1 aromatic carbocycles. The van der Waals surface area contributed by atoms with Crippen LogP contribution in [0.5, 0.6) is 0 Å². The van der Waals surface area contributed by atoms with Crippen molar-refractivity contribution in [1.29, 1.82) is 0 Å². The van der Waals surface area contributed by atoms with Crippen LogP contribution in [0.1, 0.15) is 24.2 Å². The van der Waals surface area contributed by atoms with Crippen LogP contribution < -0.4 is 10.6 Å². The van der Waals surface area contributed by atoms with Gasteiger partial charge in [-0.05, 0) is 32.0 Å². The fourth-order valence-corrected chi connectivity index (χ4v) is 2.32. The van der Waals surface area contributed by atoms with E-state index < -0.39 is 0 Å². The van der Waals surface area contributed by atoms with Gasteiger partial charge in [0, 0.05) is 18.3 Å². The molecular weight excluding hydrogens is 244 g/mol. The van der Waals surface area contributed by atoms with Crippen LogP contribution in [0.25, 0.3) is 0 Å². The standard InChI is InChI=1S/C14H20N2O3/c1-9-8-19-10(2)7-16(9)13-5-4-11(15)6-12(13)14(17)18-3/h4-6,9-10H,7-8,15H2,1-3H3. The summed E-state index contributed by atoms with van der Waals surface area (Å²) < 4.78 is 10.4. The summed E-state index contributed by atoms with van der Waals surface area (Å²) in [6.07, 6.45) is 0.138. The summed E-state index contributed by atoms with van der Waals surface area (Å²) in [5.74, 6) is -0.367. The number of hydrogen-bond acceptors (Lipinski definition) is 5. The highest BCUT2D eigenvalue weighted by atomic mass is 16.5. The van der Waals surface area contributed by atoms with Crippen LogP contribution in [-0.4, -0.2) is 38.4 Å². The molecule has 0 amide bonds. The molecule has 2 atom stereocenters. The summed E-state index contributed by atoms with van der Waals surface area (Å²) >= 11 is 0. The van der Waals surface area contributed by atoms with Crippen molar-refractivity contribution in [2.45, 2.75) is 26.0 Å². The van der Waals surface area contributed by atoms with E-state index in [9.17, 15) is 4.79 Å². The highest BCUT2D eigenvalue weighted by Crippen LogP contribution is 2.28. The van der Waals surface area contributed by atoms with Gasteiger partial charge in [-0.2, -0.15) is 0 Å². The van der Waals surface area contributed by atoms with E-state index in [1.165, 1.54) is 7.11 Å². The largest absolute Gasteiger partial charge is 0.465 e. The van der Waals surface area contributed by atoms with Gasteiger partial charge < -0.3 is 20.1 Å². The first-order valence-electron chi connectivity index (χ1n) is 6.39. The van der Waals surface area contributed by atoms with Crippen LogP contribution in [0.15, 0.2) is 18.2 Å². The lowest BCUT2D eigenvalue weighted by Gasteiger charge is -2.39. The van der Waals surface area contributed by atoms with Gasteiger partial charge in [0.1, 0.15) is 0 Å². The number of benzene rings is 1. The first kappa shape index (κ1) is 13.7. The molecule has 0 aliphatic carbocycles. The third-order valence-electron chi connectivity index (χ3n) is 3.34. The summed E-state index contributed by atoms with van der Waals surface area (Å²) in [5.41, 5.74) is 7.67. The Bertz CT molecular complexity index is 476. The molecule has 1 heterocycles. The van der Waals surface area contributed by atoms with E-state index in [0.717, 1.165) is 12.2 Å². The van der Waals surface area contributed by atoms with E-state index in [4.69, 9.17) is 15.2 Å². The van der Waals surface area contributed by atoms with Crippen molar-refractivity contribution in [3.8, 4) is 0 Å². The molecule has 104 valence electrons. The van der Waals surface area contributed by atoms with Crippen LogP contribution in [0.4, 0.5) is 11.4 Å². The Hall–Kier alpha value is -1.75. The SMILES string of the molecule is COC(=O)c1cc(N)ccc1N1CC(C)OCC1C. The maximum atomic E-state index is 11.9. The molecule has 0 spiro atoms. The number of esters is 1. The van der Waals surface area contributed by atoms with E-state index in [1.807, 2.05) is 13.0 Å². The topological polar surface area (TPSA) is 64.8 Å². The Morgan fingerprint density at radius 1 is 1.47 bits per heavy atom. The van der Waals surface area contributed by atoms with Crippen molar-refractivity contribution in [2.75, 3.05) is 30.9 Å². The highest BCUT2D eigenvalue weighted by Gasteiger charge is 2.27. The average Bonchev–Trinajstić information content (AvgIpc) is 2.41. The lowest BCUT2D eigenvalue weighted by Crippen LogP contribution is -2.48. The molecule has 0 bridgehead atoms. The zero-order chi connectivity index (χ0) is 14.0.